The fourth-order valence-corrected chi connectivity index (χ4v) is 1.97. The smallest absolute Gasteiger partial charge is 0.325 e. The second kappa shape index (κ2) is 6.53. The first-order chi connectivity index (χ1) is 8.36. The third-order valence-corrected chi connectivity index (χ3v) is 3.58. The minimum absolute atomic E-state index is 0.292. The number of hydrogen-bond acceptors (Lipinski definition) is 4. The standard InChI is InChI=1S/C14H28N2O2/c1-5-18-13(17)14(4,15)8-9-16(11(2)3)10-12-6-7-12/h11-12H,5-10,15H2,1-4H3. The molecule has 106 valence electrons. The second-order valence-electron chi connectivity index (χ2n) is 5.92. The van der Waals surface area contributed by atoms with Crippen molar-refractivity contribution in [3.8, 4) is 0 Å². The number of carbonyl (C=O) groups is 1. The monoisotopic (exact) mass is 256 g/mol. The van der Waals surface area contributed by atoms with Crippen molar-refractivity contribution >= 4 is 5.97 Å². The van der Waals surface area contributed by atoms with Crippen molar-refractivity contribution in [2.45, 2.75) is 58.5 Å². The lowest BCUT2D eigenvalue weighted by molar-refractivity contribution is -0.149. The first-order valence-corrected chi connectivity index (χ1v) is 7.07. The summed E-state index contributed by atoms with van der Waals surface area (Å²) >= 11 is 0. The quantitative estimate of drug-likeness (QED) is 0.673. The summed E-state index contributed by atoms with van der Waals surface area (Å²) < 4.78 is 5.01. The van der Waals surface area contributed by atoms with E-state index < -0.39 is 5.54 Å². The van der Waals surface area contributed by atoms with Gasteiger partial charge >= 0.3 is 5.97 Å². The summed E-state index contributed by atoms with van der Waals surface area (Å²) in [5.74, 6) is 0.569. The highest BCUT2D eigenvalue weighted by atomic mass is 16.5. The predicted octanol–water partition coefficient (Wildman–Crippen LogP) is 1.78. The van der Waals surface area contributed by atoms with Gasteiger partial charge in [0.15, 0.2) is 0 Å². The van der Waals surface area contributed by atoms with Gasteiger partial charge in [-0.3, -0.25) is 4.79 Å². The van der Waals surface area contributed by atoms with Crippen LogP contribution in [0.2, 0.25) is 0 Å². The van der Waals surface area contributed by atoms with E-state index >= 15 is 0 Å². The molecule has 0 aromatic rings. The summed E-state index contributed by atoms with van der Waals surface area (Å²) in [4.78, 5) is 14.1. The molecule has 4 heteroatoms. The third-order valence-electron chi connectivity index (χ3n) is 3.58. The topological polar surface area (TPSA) is 55.6 Å². The van der Waals surface area contributed by atoms with Crippen LogP contribution in [0.4, 0.5) is 0 Å². The number of esters is 1. The Labute approximate surface area is 111 Å². The Kier molecular flexibility index (Phi) is 5.60. The Morgan fingerprint density at radius 1 is 1.50 bits per heavy atom. The fourth-order valence-electron chi connectivity index (χ4n) is 1.97. The summed E-state index contributed by atoms with van der Waals surface area (Å²) in [6.07, 6.45) is 3.35. The molecular weight excluding hydrogens is 228 g/mol. The molecule has 2 N–H and O–H groups in total. The van der Waals surface area contributed by atoms with Gasteiger partial charge in [0.1, 0.15) is 5.54 Å². The van der Waals surface area contributed by atoms with E-state index in [0.29, 0.717) is 19.1 Å². The molecule has 1 saturated carbocycles. The van der Waals surface area contributed by atoms with Gasteiger partial charge in [0.05, 0.1) is 6.61 Å². The zero-order valence-electron chi connectivity index (χ0n) is 12.2. The molecule has 1 atom stereocenters. The second-order valence-corrected chi connectivity index (χ2v) is 5.92. The van der Waals surface area contributed by atoms with Crippen LogP contribution in [-0.4, -0.2) is 42.1 Å². The Morgan fingerprint density at radius 2 is 2.11 bits per heavy atom. The molecule has 0 amide bonds. The molecule has 4 nitrogen and oxygen atoms in total. The Morgan fingerprint density at radius 3 is 2.56 bits per heavy atom. The van der Waals surface area contributed by atoms with Gasteiger partial charge in [-0.2, -0.15) is 0 Å². The Bertz CT molecular complexity index is 273. The van der Waals surface area contributed by atoms with Gasteiger partial charge in [-0.15, -0.1) is 0 Å². The van der Waals surface area contributed by atoms with Crippen molar-refractivity contribution in [2.75, 3.05) is 19.7 Å². The van der Waals surface area contributed by atoms with E-state index in [1.165, 1.54) is 12.8 Å². The van der Waals surface area contributed by atoms with Crippen LogP contribution < -0.4 is 5.73 Å². The van der Waals surface area contributed by atoms with E-state index in [2.05, 4.69) is 18.7 Å². The molecule has 1 fully saturated rings. The van der Waals surface area contributed by atoms with Gasteiger partial charge in [0.25, 0.3) is 0 Å². The Balaban J connectivity index is 2.41. The first kappa shape index (κ1) is 15.4. The molecule has 1 rings (SSSR count). The van der Waals surface area contributed by atoms with Crippen LogP contribution in [0.25, 0.3) is 0 Å². The average molecular weight is 256 g/mol. The molecular formula is C14H28N2O2. The van der Waals surface area contributed by atoms with Gasteiger partial charge in [-0.1, -0.05) is 0 Å². The largest absolute Gasteiger partial charge is 0.465 e. The van der Waals surface area contributed by atoms with Crippen molar-refractivity contribution in [3.05, 3.63) is 0 Å². The third kappa shape index (κ3) is 4.94. The Hall–Kier alpha value is -0.610. The first-order valence-electron chi connectivity index (χ1n) is 7.07. The number of nitrogens with two attached hydrogens (primary N) is 1. The summed E-state index contributed by atoms with van der Waals surface area (Å²) in [5.41, 5.74) is 5.17. The SMILES string of the molecule is CCOC(=O)C(C)(N)CCN(CC1CC1)C(C)C. The van der Waals surface area contributed by atoms with E-state index in [-0.39, 0.29) is 5.97 Å². The molecule has 18 heavy (non-hydrogen) atoms. The fraction of sp³-hybridized carbons (Fsp3) is 0.929. The maximum atomic E-state index is 11.7. The normalized spacial score (nSPS) is 19.1. The lowest BCUT2D eigenvalue weighted by Gasteiger charge is -2.30. The molecule has 0 aromatic heterocycles. The zero-order chi connectivity index (χ0) is 13.8. The zero-order valence-corrected chi connectivity index (χ0v) is 12.2. The maximum absolute atomic E-state index is 11.7. The summed E-state index contributed by atoms with van der Waals surface area (Å²) in [5, 5.41) is 0. The summed E-state index contributed by atoms with van der Waals surface area (Å²) in [6.45, 7) is 10.3. The molecule has 0 aromatic carbocycles. The van der Waals surface area contributed by atoms with E-state index in [4.69, 9.17) is 10.5 Å². The van der Waals surface area contributed by atoms with Crippen molar-refractivity contribution in [1.82, 2.24) is 4.90 Å². The molecule has 0 bridgehead atoms. The predicted molar refractivity (Wildman–Crippen MR) is 73.3 cm³/mol. The minimum Gasteiger partial charge on any atom is -0.465 e. The number of nitrogens with zero attached hydrogens (tertiary/aromatic N) is 1. The van der Waals surface area contributed by atoms with Crippen LogP contribution in [0.15, 0.2) is 0 Å². The number of rotatable bonds is 8. The average Bonchev–Trinajstić information content (AvgIpc) is 3.07. The van der Waals surface area contributed by atoms with Crippen LogP contribution >= 0.6 is 0 Å². The van der Waals surface area contributed by atoms with Gasteiger partial charge < -0.3 is 15.4 Å². The van der Waals surface area contributed by atoms with Crippen molar-refractivity contribution < 1.29 is 9.53 Å². The lowest BCUT2D eigenvalue weighted by atomic mass is 9.99. The molecule has 0 spiro atoms. The molecule has 0 aliphatic heterocycles. The number of hydrogen-bond donors (Lipinski definition) is 1. The van der Waals surface area contributed by atoms with Gasteiger partial charge in [-0.05, 0) is 52.9 Å². The highest BCUT2D eigenvalue weighted by Crippen LogP contribution is 2.30. The van der Waals surface area contributed by atoms with E-state index in [1.54, 1.807) is 6.92 Å². The van der Waals surface area contributed by atoms with Crippen LogP contribution in [0.5, 0.6) is 0 Å². The minimum atomic E-state index is -0.868. The highest BCUT2D eigenvalue weighted by molar-refractivity contribution is 5.79. The molecule has 0 heterocycles. The summed E-state index contributed by atoms with van der Waals surface area (Å²) in [6, 6.07) is 0.503. The maximum Gasteiger partial charge on any atom is 0.325 e. The van der Waals surface area contributed by atoms with Gasteiger partial charge in [0.2, 0.25) is 0 Å². The van der Waals surface area contributed by atoms with E-state index in [0.717, 1.165) is 19.0 Å². The van der Waals surface area contributed by atoms with Crippen molar-refractivity contribution in [2.24, 2.45) is 11.7 Å². The van der Waals surface area contributed by atoms with Crippen LogP contribution in [0.3, 0.4) is 0 Å². The van der Waals surface area contributed by atoms with Crippen LogP contribution in [-0.2, 0) is 9.53 Å². The number of ether oxygens (including phenoxy) is 1. The van der Waals surface area contributed by atoms with E-state index in [1.807, 2.05) is 6.92 Å². The van der Waals surface area contributed by atoms with Gasteiger partial charge in [-0.25, -0.2) is 0 Å². The van der Waals surface area contributed by atoms with Crippen molar-refractivity contribution in [3.63, 3.8) is 0 Å². The molecule has 0 saturated heterocycles. The number of carbonyl (C=O) groups excluding carboxylic acids is 1. The van der Waals surface area contributed by atoms with Crippen molar-refractivity contribution in [1.29, 1.82) is 0 Å². The molecule has 1 unspecified atom stereocenters. The molecule has 1 aliphatic carbocycles. The lowest BCUT2D eigenvalue weighted by Crippen LogP contribution is -2.49. The summed E-state index contributed by atoms with van der Waals surface area (Å²) in [7, 11) is 0. The molecule has 1 aliphatic rings. The van der Waals surface area contributed by atoms with Crippen LogP contribution in [0, 0.1) is 5.92 Å². The van der Waals surface area contributed by atoms with Gasteiger partial charge in [0, 0.05) is 19.1 Å². The van der Waals surface area contributed by atoms with Crippen LogP contribution in [0.1, 0.15) is 47.0 Å². The van der Waals surface area contributed by atoms with E-state index in [9.17, 15) is 4.79 Å². The highest BCUT2D eigenvalue weighted by Gasteiger charge is 2.32. The molecule has 0 radical (unpaired) electrons.